The minimum atomic E-state index is 0.00340. The molecule has 0 bridgehead atoms. The molecular formula is C16H20N4O2. The van der Waals surface area contributed by atoms with Crippen LogP contribution in [0.5, 0.6) is 0 Å². The summed E-state index contributed by atoms with van der Waals surface area (Å²) in [4.78, 5) is 34.3. The molecule has 0 unspecified atom stereocenters. The van der Waals surface area contributed by atoms with Gasteiger partial charge in [0.1, 0.15) is 5.69 Å². The van der Waals surface area contributed by atoms with E-state index in [2.05, 4.69) is 9.97 Å². The van der Waals surface area contributed by atoms with E-state index in [9.17, 15) is 9.59 Å². The van der Waals surface area contributed by atoms with E-state index in [4.69, 9.17) is 0 Å². The molecule has 0 saturated carbocycles. The lowest BCUT2D eigenvalue weighted by molar-refractivity contribution is -0.130. The molecule has 2 aromatic heterocycles. The molecule has 0 spiro atoms. The lowest BCUT2D eigenvalue weighted by atomic mass is 10.2. The Morgan fingerprint density at radius 2 is 1.68 bits per heavy atom. The second-order valence-electron chi connectivity index (χ2n) is 5.48. The Labute approximate surface area is 129 Å². The highest BCUT2D eigenvalue weighted by Crippen LogP contribution is 2.09. The van der Waals surface area contributed by atoms with Gasteiger partial charge in [0.25, 0.3) is 5.91 Å². The van der Waals surface area contributed by atoms with Crippen molar-refractivity contribution in [3.8, 4) is 0 Å². The van der Waals surface area contributed by atoms with Crippen LogP contribution in [0.2, 0.25) is 0 Å². The number of aromatic amines is 2. The lowest BCUT2D eigenvalue weighted by Gasteiger charge is -2.21. The zero-order chi connectivity index (χ0) is 15.4. The van der Waals surface area contributed by atoms with E-state index in [1.165, 1.54) is 0 Å². The van der Waals surface area contributed by atoms with Crippen molar-refractivity contribution in [2.75, 3.05) is 26.2 Å². The largest absolute Gasteiger partial charge is 0.365 e. The summed E-state index contributed by atoms with van der Waals surface area (Å²) in [5, 5.41) is 0. The monoisotopic (exact) mass is 300 g/mol. The van der Waals surface area contributed by atoms with Crippen LogP contribution in [-0.4, -0.2) is 57.8 Å². The molecule has 116 valence electrons. The number of amides is 2. The average molecular weight is 300 g/mol. The number of hydrogen-bond acceptors (Lipinski definition) is 2. The number of aromatic nitrogens is 2. The van der Waals surface area contributed by atoms with Crippen LogP contribution in [0.15, 0.2) is 36.7 Å². The van der Waals surface area contributed by atoms with Gasteiger partial charge in [0.2, 0.25) is 5.91 Å². The summed E-state index contributed by atoms with van der Waals surface area (Å²) >= 11 is 0. The first-order chi connectivity index (χ1) is 10.7. The summed E-state index contributed by atoms with van der Waals surface area (Å²) < 4.78 is 0. The fourth-order valence-corrected chi connectivity index (χ4v) is 2.76. The third-order valence-electron chi connectivity index (χ3n) is 3.97. The molecule has 22 heavy (non-hydrogen) atoms. The van der Waals surface area contributed by atoms with Gasteiger partial charge in [-0.3, -0.25) is 9.59 Å². The molecular weight excluding hydrogens is 280 g/mol. The molecule has 0 radical (unpaired) electrons. The highest BCUT2D eigenvalue weighted by atomic mass is 16.2. The SMILES string of the molecule is O=C(Cc1ccc[nH]1)N1CCCN(C(=O)c2ccc[nH]2)CC1. The second kappa shape index (κ2) is 6.51. The van der Waals surface area contributed by atoms with Crippen molar-refractivity contribution >= 4 is 11.8 Å². The molecule has 0 aliphatic carbocycles. The summed E-state index contributed by atoms with van der Waals surface area (Å²) in [7, 11) is 0. The van der Waals surface area contributed by atoms with Crippen LogP contribution < -0.4 is 0 Å². The lowest BCUT2D eigenvalue weighted by Crippen LogP contribution is -2.38. The summed E-state index contributed by atoms with van der Waals surface area (Å²) in [5.41, 5.74) is 1.53. The number of carbonyl (C=O) groups is 2. The molecule has 6 heteroatoms. The highest BCUT2D eigenvalue weighted by molar-refractivity contribution is 5.92. The van der Waals surface area contributed by atoms with Crippen LogP contribution in [0.4, 0.5) is 0 Å². The normalized spacial score (nSPS) is 15.6. The summed E-state index contributed by atoms with van der Waals surface area (Å²) in [6.07, 6.45) is 4.76. The molecule has 2 amide bonds. The number of H-pyrrole nitrogens is 2. The van der Waals surface area contributed by atoms with Gasteiger partial charge < -0.3 is 19.8 Å². The molecule has 0 aromatic carbocycles. The van der Waals surface area contributed by atoms with Crippen LogP contribution in [0.1, 0.15) is 22.6 Å². The molecule has 1 fully saturated rings. The van der Waals surface area contributed by atoms with Crippen molar-refractivity contribution in [3.63, 3.8) is 0 Å². The predicted octanol–water partition coefficient (Wildman–Crippen LogP) is 1.26. The van der Waals surface area contributed by atoms with Gasteiger partial charge in [-0.2, -0.15) is 0 Å². The van der Waals surface area contributed by atoms with Gasteiger partial charge >= 0.3 is 0 Å². The smallest absolute Gasteiger partial charge is 0.270 e. The van der Waals surface area contributed by atoms with E-state index in [0.717, 1.165) is 12.1 Å². The molecule has 2 N–H and O–H groups in total. The first kappa shape index (κ1) is 14.4. The first-order valence-electron chi connectivity index (χ1n) is 7.57. The van der Waals surface area contributed by atoms with Gasteiger partial charge in [-0.1, -0.05) is 0 Å². The standard InChI is InChI=1S/C16H20N4O2/c21-15(12-13-4-1-6-17-13)19-8-3-9-20(11-10-19)16(22)14-5-2-7-18-14/h1-2,4-7,17-18H,3,8-12H2. The molecule has 2 aromatic rings. The Balaban J connectivity index is 1.57. The van der Waals surface area contributed by atoms with Gasteiger partial charge in [0.05, 0.1) is 6.42 Å². The second-order valence-corrected chi connectivity index (χ2v) is 5.48. The van der Waals surface area contributed by atoms with Gasteiger partial charge in [0, 0.05) is 44.3 Å². The Morgan fingerprint density at radius 3 is 2.41 bits per heavy atom. The zero-order valence-corrected chi connectivity index (χ0v) is 12.4. The van der Waals surface area contributed by atoms with Crippen LogP contribution in [0.25, 0.3) is 0 Å². The first-order valence-corrected chi connectivity index (χ1v) is 7.57. The maximum absolute atomic E-state index is 12.3. The Bertz CT molecular complexity index is 619. The van der Waals surface area contributed by atoms with E-state index in [0.29, 0.717) is 38.3 Å². The average Bonchev–Trinajstić information content (AvgIpc) is 3.16. The third-order valence-corrected chi connectivity index (χ3v) is 3.97. The van der Waals surface area contributed by atoms with Crippen molar-refractivity contribution < 1.29 is 9.59 Å². The summed E-state index contributed by atoms with van der Waals surface area (Å²) in [6, 6.07) is 7.40. The molecule has 0 atom stereocenters. The molecule has 3 rings (SSSR count). The molecule has 3 heterocycles. The highest BCUT2D eigenvalue weighted by Gasteiger charge is 2.23. The maximum Gasteiger partial charge on any atom is 0.270 e. The van der Waals surface area contributed by atoms with Crippen molar-refractivity contribution in [2.45, 2.75) is 12.8 Å². The van der Waals surface area contributed by atoms with Gasteiger partial charge in [0.15, 0.2) is 0 Å². The van der Waals surface area contributed by atoms with E-state index in [1.807, 2.05) is 34.2 Å². The van der Waals surface area contributed by atoms with E-state index < -0.39 is 0 Å². The Morgan fingerprint density at radius 1 is 0.955 bits per heavy atom. The van der Waals surface area contributed by atoms with Crippen molar-refractivity contribution in [3.05, 3.63) is 48.0 Å². The minimum absolute atomic E-state index is 0.00340. The van der Waals surface area contributed by atoms with Crippen molar-refractivity contribution in [1.29, 1.82) is 0 Å². The van der Waals surface area contributed by atoms with Crippen molar-refractivity contribution in [2.24, 2.45) is 0 Å². The molecule has 1 saturated heterocycles. The third kappa shape index (κ3) is 3.21. The number of carbonyl (C=O) groups excluding carboxylic acids is 2. The van der Waals surface area contributed by atoms with Crippen LogP contribution in [0.3, 0.4) is 0 Å². The molecule has 1 aliphatic rings. The van der Waals surface area contributed by atoms with Crippen LogP contribution >= 0.6 is 0 Å². The Kier molecular flexibility index (Phi) is 4.27. The predicted molar refractivity (Wildman–Crippen MR) is 82.4 cm³/mol. The number of rotatable bonds is 3. The van der Waals surface area contributed by atoms with Gasteiger partial charge in [-0.05, 0) is 30.7 Å². The van der Waals surface area contributed by atoms with Gasteiger partial charge in [-0.25, -0.2) is 0 Å². The fourth-order valence-electron chi connectivity index (χ4n) is 2.76. The van der Waals surface area contributed by atoms with Crippen molar-refractivity contribution in [1.82, 2.24) is 19.8 Å². The topological polar surface area (TPSA) is 72.2 Å². The number of nitrogens with zero attached hydrogens (tertiary/aromatic N) is 2. The van der Waals surface area contributed by atoms with Crippen LogP contribution in [0, 0.1) is 0 Å². The van der Waals surface area contributed by atoms with Crippen LogP contribution in [-0.2, 0) is 11.2 Å². The number of nitrogens with one attached hydrogen (secondary N) is 2. The quantitative estimate of drug-likeness (QED) is 0.895. The zero-order valence-electron chi connectivity index (χ0n) is 12.4. The van der Waals surface area contributed by atoms with Gasteiger partial charge in [-0.15, -0.1) is 0 Å². The van der Waals surface area contributed by atoms with E-state index in [1.54, 1.807) is 12.3 Å². The summed E-state index contributed by atoms with van der Waals surface area (Å²) in [5.74, 6) is 0.111. The van der Waals surface area contributed by atoms with E-state index >= 15 is 0 Å². The maximum atomic E-state index is 12.3. The molecule has 1 aliphatic heterocycles. The van der Waals surface area contributed by atoms with E-state index in [-0.39, 0.29) is 11.8 Å². The fraction of sp³-hybridized carbons (Fsp3) is 0.375. The molecule has 6 nitrogen and oxygen atoms in total. The minimum Gasteiger partial charge on any atom is -0.365 e. The Hall–Kier alpha value is -2.50. The number of hydrogen-bond donors (Lipinski definition) is 2. The summed E-state index contributed by atoms with van der Waals surface area (Å²) in [6.45, 7) is 2.55.